The number of thioether (sulfide) groups is 1. The van der Waals surface area contributed by atoms with Gasteiger partial charge in [-0.15, -0.1) is 11.8 Å². The molecule has 0 aliphatic heterocycles. The van der Waals surface area contributed by atoms with Crippen LogP contribution in [-0.2, 0) is 16.0 Å². The fraction of sp³-hybridized carbons (Fsp3) is 0.147. The minimum atomic E-state index is -0.564. The van der Waals surface area contributed by atoms with Gasteiger partial charge < -0.3 is 25.8 Å². The first-order chi connectivity index (χ1) is 20.8. The minimum Gasteiger partial charge on any atom is -0.508 e. The van der Waals surface area contributed by atoms with Crippen molar-refractivity contribution < 1.29 is 24.2 Å². The third kappa shape index (κ3) is 8.50. The Bertz CT molecular complexity index is 1650. The molecule has 3 amide bonds. The Morgan fingerprint density at radius 1 is 0.907 bits per heavy atom. The van der Waals surface area contributed by atoms with Crippen molar-refractivity contribution in [2.75, 3.05) is 23.5 Å². The van der Waals surface area contributed by atoms with Gasteiger partial charge in [-0.3, -0.25) is 14.4 Å². The van der Waals surface area contributed by atoms with Gasteiger partial charge in [0, 0.05) is 33.5 Å². The van der Waals surface area contributed by atoms with Crippen LogP contribution in [-0.4, -0.2) is 35.7 Å². The number of methoxy groups -OCH3 is 1. The summed E-state index contributed by atoms with van der Waals surface area (Å²) in [6.45, 7) is 4.02. The van der Waals surface area contributed by atoms with Crippen LogP contribution in [0.4, 0.5) is 11.4 Å². The molecule has 43 heavy (non-hydrogen) atoms. The normalized spacial score (nSPS) is 11.0. The van der Waals surface area contributed by atoms with Crippen LogP contribution in [0.1, 0.15) is 34.0 Å². The minimum absolute atomic E-state index is 0.000950. The van der Waals surface area contributed by atoms with Crippen LogP contribution in [0.25, 0.3) is 6.08 Å². The van der Waals surface area contributed by atoms with E-state index in [1.807, 2.05) is 38.1 Å². The molecule has 4 aromatic carbocycles. The van der Waals surface area contributed by atoms with E-state index in [2.05, 4.69) is 16.0 Å². The second kappa shape index (κ2) is 14.7. The number of aryl methyl sites for hydroxylation is 2. The molecule has 4 N–H and O–H groups in total. The van der Waals surface area contributed by atoms with Gasteiger partial charge >= 0.3 is 0 Å². The summed E-state index contributed by atoms with van der Waals surface area (Å²) in [5.41, 5.74) is 4.26. The molecule has 0 fully saturated rings. The zero-order valence-electron chi connectivity index (χ0n) is 24.1. The van der Waals surface area contributed by atoms with E-state index in [9.17, 15) is 19.5 Å². The van der Waals surface area contributed by atoms with Crippen molar-refractivity contribution in [3.8, 4) is 11.5 Å². The van der Waals surface area contributed by atoms with E-state index in [4.69, 9.17) is 4.74 Å². The summed E-state index contributed by atoms with van der Waals surface area (Å²) in [4.78, 5) is 40.0. The highest BCUT2D eigenvalue weighted by Crippen LogP contribution is 2.27. The summed E-state index contributed by atoms with van der Waals surface area (Å²) in [6, 6.07) is 26.1. The first kappa shape index (κ1) is 30.9. The Morgan fingerprint density at radius 2 is 1.67 bits per heavy atom. The number of ether oxygens (including phenoxy) is 1. The van der Waals surface area contributed by atoms with Crippen molar-refractivity contribution in [2.24, 2.45) is 0 Å². The number of hydrogen-bond donors (Lipinski definition) is 4. The van der Waals surface area contributed by atoms with Gasteiger partial charge in [0.25, 0.3) is 11.8 Å². The third-order valence-corrected chi connectivity index (χ3v) is 7.51. The van der Waals surface area contributed by atoms with Crippen LogP contribution in [0.15, 0.2) is 102 Å². The molecule has 0 aliphatic carbocycles. The molecular weight excluding hydrogens is 562 g/mol. The van der Waals surface area contributed by atoms with E-state index >= 15 is 0 Å². The second-order valence-corrected chi connectivity index (χ2v) is 10.6. The summed E-state index contributed by atoms with van der Waals surface area (Å²) in [7, 11) is 1.45. The number of amides is 3. The van der Waals surface area contributed by atoms with Crippen LogP contribution >= 0.6 is 11.8 Å². The monoisotopic (exact) mass is 595 g/mol. The van der Waals surface area contributed by atoms with E-state index in [1.54, 1.807) is 54.6 Å². The number of aromatic hydroxyl groups is 1. The zero-order chi connectivity index (χ0) is 30.8. The maximum Gasteiger partial charge on any atom is 0.272 e. The van der Waals surface area contributed by atoms with Crippen LogP contribution in [0, 0.1) is 6.92 Å². The Balaban J connectivity index is 1.50. The average Bonchev–Trinajstić information content (AvgIpc) is 3.02. The molecule has 4 rings (SSSR count). The maximum absolute atomic E-state index is 13.5. The van der Waals surface area contributed by atoms with Gasteiger partial charge in [0.15, 0.2) is 0 Å². The first-order valence-electron chi connectivity index (χ1n) is 13.6. The zero-order valence-corrected chi connectivity index (χ0v) is 25.0. The summed E-state index contributed by atoms with van der Waals surface area (Å²) < 4.78 is 5.35. The fourth-order valence-electron chi connectivity index (χ4n) is 4.31. The molecule has 0 saturated carbocycles. The number of hydrogen-bond acceptors (Lipinski definition) is 6. The second-order valence-electron chi connectivity index (χ2n) is 9.59. The van der Waals surface area contributed by atoms with Gasteiger partial charge in [0.2, 0.25) is 5.91 Å². The average molecular weight is 596 g/mol. The number of carbonyl (C=O) groups is 3. The number of phenols is 1. The Labute approximate surface area is 255 Å². The van der Waals surface area contributed by atoms with Gasteiger partial charge in [-0.25, -0.2) is 0 Å². The van der Waals surface area contributed by atoms with Crippen molar-refractivity contribution in [2.45, 2.75) is 25.2 Å². The molecule has 0 aromatic heterocycles. The van der Waals surface area contributed by atoms with Crippen molar-refractivity contribution in [3.63, 3.8) is 0 Å². The topological polar surface area (TPSA) is 117 Å². The fourth-order valence-corrected chi connectivity index (χ4v) is 5.06. The van der Waals surface area contributed by atoms with Gasteiger partial charge in [-0.05, 0) is 73.0 Å². The largest absolute Gasteiger partial charge is 0.508 e. The predicted octanol–water partition coefficient (Wildman–Crippen LogP) is 6.41. The molecule has 220 valence electrons. The molecule has 0 bridgehead atoms. The van der Waals surface area contributed by atoms with Crippen molar-refractivity contribution in [1.82, 2.24) is 5.32 Å². The highest BCUT2D eigenvalue weighted by molar-refractivity contribution is 8.00. The Kier molecular flexibility index (Phi) is 10.6. The number of benzene rings is 4. The highest BCUT2D eigenvalue weighted by atomic mass is 32.2. The van der Waals surface area contributed by atoms with Gasteiger partial charge in [-0.1, -0.05) is 49.4 Å². The quantitative estimate of drug-likeness (QED) is 0.118. The van der Waals surface area contributed by atoms with Crippen molar-refractivity contribution in [3.05, 3.63) is 119 Å². The maximum atomic E-state index is 13.5. The Morgan fingerprint density at radius 3 is 2.42 bits per heavy atom. The number of carbonyl (C=O) groups excluding carboxylic acids is 3. The molecule has 4 aromatic rings. The van der Waals surface area contributed by atoms with Crippen molar-refractivity contribution in [1.29, 1.82) is 0 Å². The van der Waals surface area contributed by atoms with Gasteiger partial charge in [0.05, 0.1) is 12.9 Å². The first-order valence-corrected chi connectivity index (χ1v) is 14.6. The lowest BCUT2D eigenvalue weighted by Crippen LogP contribution is -2.30. The van der Waals surface area contributed by atoms with Crippen LogP contribution < -0.4 is 20.7 Å². The lowest BCUT2D eigenvalue weighted by Gasteiger charge is -2.14. The molecule has 0 heterocycles. The van der Waals surface area contributed by atoms with Crippen molar-refractivity contribution >= 4 is 46.9 Å². The molecule has 0 radical (unpaired) electrons. The SMILES string of the molecule is CCc1cccc(C)c1NC(=O)CSc1cccc(NC(=O)/C(=C\c2ccc(O)cc2OC)NC(=O)c2ccccc2)c1. The van der Waals surface area contributed by atoms with Gasteiger partial charge in [-0.2, -0.15) is 0 Å². The predicted molar refractivity (Wildman–Crippen MR) is 172 cm³/mol. The molecule has 0 aliphatic rings. The van der Waals surface area contributed by atoms with E-state index in [-0.39, 0.29) is 23.1 Å². The molecule has 0 atom stereocenters. The summed E-state index contributed by atoms with van der Waals surface area (Å²) in [5.74, 6) is -0.636. The van der Waals surface area contributed by atoms with E-state index in [0.29, 0.717) is 22.6 Å². The summed E-state index contributed by atoms with van der Waals surface area (Å²) in [5, 5.41) is 18.4. The number of phenolic OH excluding ortho intramolecular Hbond substituents is 1. The van der Waals surface area contributed by atoms with E-state index in [1.165, 1.54) is 37.1 Å². The number of nitrogens with one attached hydrogen (secondary N) is 3. The third-order valence-electron chi connectivity index (χ3n) is 6.51. The van der Waals surface area contributed by atoms with E-state index < -0.39 is 11.8 Å². The summed E-state index contributed by atoms with van der Waals surface area (Å²) in [6.07, 6.45) is 2.29. The molecule has 0 saturated heterocycles. The molecule has 0 unspecified atom stereocenters. The lowest BCUT2D eigenvalue weighted by molar-refractivity contribution is -0.114. The molecular formula is C34H33N3O5S. The number of rotatable bonds is 11. The molecule has 9 heteroatoms. The Hall–Kier alpha value is -5.02. The van der Waals surface area contributed by atoms with E-state index in [0.717, 1.165) is 28.1 Å². The summed E-state index contributed by atoms with van der Waals surface area (Å²) >= 11 is 1.35. The standard InChI is InChI=1S/C34H33N3O5S/c1-4-23-13-8-10-22(2)32(23)37-31(39)21-43-28-15-9-14-26(19-28)35-34(41)29(36-33(40)24-11-6-5-7-12-24)18-25-16-17-27(38)20-30(25)42-3/h5-20,38H,4,21H2,1-3H3,(H,35,41)(H,36,40)(H,37,39)/b29-18+. The lowest BCUT2D eigenvalue weighted by atomic mass is 10.1. The molecule has 0 spiro atoms. The smallest absolute Gasteiger partial charge is 0.272 e. The van der Waals surface area contributed by atoms with Crippen LogP contribution in [0.3, 0.4) is 0 Å². The van der Waals surface area contributed by atoms with Crippen LogP contribution in [0.2, 0.25) is 0 Å². The number of anilines is 2. The molecule has 8 nitrogen and oxygen atoms in total. The van der Waals surface area contributed by atoms with Gasteiger partial charge in [0.1, 0.15) is 17.2 Å². The van der Waals surface area contributed by atoms with Crippen LogP contribution in [0.5, 0.6) is 11.5 Å². The number of para-hydroxylation sites is 1. The highest BCUT2D eigenvalue weighted by Gasteiger charge is 2.17.